The van der Waals surface area contributed by atoms with Gasteiger partial charge in [0.1, 0.15) is 11.6 Å². The summed E-state index contributed by atoms with van der Waals surface area (Å²) in [7, 11) is 0. The Balaban J connectivity index is 1.80. The van der Waals surface area contributed by atoms with Crippen molar-refractivity contribution in [1.82, 2.24) is 15.5 Å². The number of aliphatic hydroxyl groups is 1. The molecule has 0 unspecified atom stereocenters. The summed E-state index contributed by atoms with van der Waals surface area (Å²) < 4.78 is 13.0. The summed E-state index contributed by atoms with van der Waals surface area (Å²) in [5.74, 6) is -1.46. The number of allylic oxidation sites excluding steroid dienone is 3. The van der Waals surface area contributed by atoms with E-state index in [2.05, 4.69) is 10.6 Å². The molecule has 1 aromatic rings. The molecule has 0 spiro atoms. The minimum atomic E-state index is -1.09. The number of urea groups is 1. The van der Waals surface area contributed by atoms with E-state index in [9.17, 15) is 19.1 Å². The maximum atomic E-state index is 13.0. The highest BCUT2D eigenvalue weighted by atomic mass is 19.1. The zero-order chi connectivity index (χ0) is 19.4. The second-order valence-electron chi connectivity index (χ2n) is 5.96. The number of hydrogen-bond acceptors (Lipinski definition) is 4. The third kappa shape index (κ3) is 4.17. The van der Waals surface area contributed by atoms with Crippen molar-refractivity contribution in [3.63, 3.8) is 0 Å². The maximum absolute atomic E-state index is 13.0. The Morgan fingerprint density at radius 3 is 2.74 bits per heavy atom. The Morgan fingerprint density at radius 2 is 2.04 bits per heavy atom. The highest BCUT2D eigenvalue weighted by Gasteiger charge is 2.29. The first-order valence-electron chi connectivity index (χ1n) is 8.24. The SMILES string of the molecule is O=C(O)/C=C/C1=C2CC=CN(C(=O)NCc3ccc(F)cc3)C2=C(O)CN1. The number of rotatable bonds is 4. The monoisotopic (exact) mass is 371 g/mol. The molecule has 0 saturated heterocycles. The fraction of sp³-hybridized carbons (Fsp3) is 0.158. The van der Waals surface area contributed by atoms with Crippen LogP contribution in [0, 0.1) is 5.82 Å². The van der Waals surface area contributed by atoms with Crippen LogP contribution in [0.25, 0.3) is 0 Å². The number of aliphatic hydroxyl groups excluding tert-OH is 1. The highest BCUT2D eigenvalue weighted by molar-refractivity contribution is 5.81. The van der Waals surface area contributed by atoms with Crippen molar-refractivity contribution < 1.29 is 24.2 Å². The van der Waals surface area contributed by atoms with Gasteiger partial charge in [-0.05, 0) is 30.2 Å². The number of carboxylic acid groups (broad SMARTS) is 1. The summed E-state index contributed by atoms with van der Waals surface area (Å²) in [4.78, 5) is 24.7. The number of carbonyl (C=O) groups is 2. The van der Waals surface area contributed by atoms with Crippen LogP contribution in [0.5, 0.6) is 0 Å². The number of dihydropyridines is 1. The molecule has 0 aromatic heterocycles. The average Bonchev–Trinajstić information content (AvgIpc) is 2.66. The Labute approximate surface area is 154 Å². The quantitative estimate of drug-likeness (QED) is 0.609. The third-order valence-electron chi connectivity index (χ3n) is 4.12. The smallest absolute Gasteiger partial charge is 0.328 e. The maximum Gasteiger partial charge on any atom is 0.328 e. The van der Waals surface area contributed by atoms with Crippen molar-refractivity contribution in [2.24, 2.45) is 0 Å². The van der Waals surface area contributed by atoms with Crippen LogP contribution in [0.2, 0.25) is 0 Å². The van der Waals surface area contributed by atoms with Crippen molar-refractivity contribution in [3.05, 3.63) is 82.8 Å². The predicted octanol–water partition coefficient (Wildman–Crippen LogP) is 2.52. The van der Waals surface area contributed by atoms with Gasteiger partial charge in [-0.2, -0.15) is 0 Å². The second-order valence-corrected chi connectivity index (χ2v) is 5.96. The van der Waals surface area contributed by atoms with Crippen LogP contribution < -0.4 is 10.6 Å². The fourth-order valence-electron chi connectivity index (χ4n) is 2.86. The third-order valence-corrected chi connectivity index (χ3v) is 4.12. The lowest BCUT2D eigenvalue weighted by molar-refractivity contribution is -0.131. The van der Waals surface area contributed by atoms with Crippen molar-refractivity contribution in [2.75, 3.05) is 6.54 Å². The molecular formula is C19H18FN3O4. The first-order valence-corrected chi connectivity index (χ1v) is 8.24. The van der Waals surface area contributed by atoms with E-state index in [1.54, 1.807) is 24.4 Å². The average molecular weight is 371 g/mol. The number of carbonyl (C=O) groups excluding carboxylic acids is 1. The molecule has 0 radical (unpaired) electrons. The summed E-state index contributed by atoms with van der Waals surface area (Å²) in [6.07, 6.45) is 6.13. The lowest BCUT2D eigenvalue weighted by Crippen LogP contribution is -2.40. The normalized spacial score (nSPS) is 16.4. The van der Waals surface area contributed by atoms with Gasteiger partial charge in [-0.1, -0.05) is 18.2 Å². The molecule has 0 bridgehead atoms. The van der Waals surface area contributed by atoms with Gasteiger partial charge in [-0.3, -0.25) is 4.90 Å². The molecule has 2 aliphatic rings. The molecule has 1 aromatic carbocycles. The molecule has 0 aliphatic carbocycles. The Kier molecular flexibility index (Phi) is 5.25. The van der Waals surface area contributed by atoms with E-state index in [1.807, 2.05) is 0 Å². The standard InChI is InChI=1S/C19H18FN3O4/c20-13-5-3-12(4-6-13)10-22-19(27)23-9-1-2-14-15(7-8-17(25)26)21-11-16(24)18(14)23/h1,3-9,21,24H,2,10-11H2,(H,22,27)(H,25,26)/b8-7+. The molecule has 2 aliphatic heterocycles. The molecule has 3 rings (SSSR count). The minimum Gasteiger partial charge on any atom is -0.508 e. The number of carboxylic acids is 1. The van der Waals surface area contributed by atoms with E-state index in [4.69, 9.17) is 5.11 Å². The van der Waals surface area contributed by atoms with Crippen LogP contribution >= 0.6 is 0 Å². The van der Waals surface area contributed by atoms with E-state index < -0.39 is 12.0 Å². The number of benzene rings is 1. The van der Waals surface area contributed by atoms with Gasteiger partial charge in [0.05, 0.1) is 12.2 Å². The van der Waals surface area contributed by atoms with E-state index in [1.165, 1.54) is 23.1 Å². The largest absolute Gasteiger partial charge is 0.508 e. The second kappa shape index (κ2) is 7.77. The highest BCUT2D eigenvalue weighted by Crippen LogP contribution is 2.31. The van der Waals surface area contributed by atoms with E-state index >= 15 is 0 Å². The molecule has 8 heteroatoms. The topological polar surface area (TPSA) is 102 Å². The van der Waals surface area contributed by atoms with Gasteiger partial charge < -0.3 is 20.8 Å². The van der Waals surface area contributed by atoms with Crippen LogP contribution in [-0.4, -0.2) is 33.7 Å². The summed E-state index contributed by atoms with van der Waals surface area (Å²) in [6, 6.07) is 5.31. The van der Waals surface area contributed by atoms with Crippen molar-refractivity contribution in [1.29, 1.82) is 0 Å². The number of halogens is 1. The Morgan fingerprint density at radius 1 is 1.30 bits per heavy atom. The molecule has 2 heterocycles. The Bertz CT molecular complexity index is 885. The number of aliphatic carboxylic acids is 1. The van der Waals surface area contributed by atoms with Crippen LogP contribution in [0.3, 0.4) is 0 Å². The molecule has 4 N–H and O–H groups in total. The lowest BCUT2D eigenvalue weighted by Gasteiger charge is -2.32. The zero-order valence-corrected chi connectivity index (χ0v) is 14.3. The van der Waals surface area contributed by atoms with E-state index in [0.29, 0.717) is 23.4 Å². The first-order chi connectivity index (χ1) is 13.0. The molecule has 140 valence electrons. The van der Waals surface area contributed by atoms with Crippen molar-refractivity contribution in [3.8, 4) is 0 Å². The minimum absolute atomic E-state index is 0.0150. The van der Waals surface area contributed by atoms with Gasteiger partial charge in [0.2, 0.25) is 0 Å². The van der Waals surface area contributed by atoms with Gasteiger partial charge in [0.25, 0.3) is 0 Å². The first kappa shape index (κ1) is 18.2. The van der Waals surface area contributed by atoms with E-state index in [0.717, 1.165) is 11.6 Å². The van der Waals surface area contributed by atoms with Crippen molar-refractivity contribution >= 4 is 12.0 Å². The van der Waals surface area contributed by atoms with Crippen molar-refractivity contribution in [2.45, 2.75) is 13.0 Å². The van der Waals surface area contributed by atoms with Crippen LogP contribution in [0.1, 0.15) is 12.0 Å². The lowest BCUT2D eigenvalue weighted by atomic mass is 9.98. The molecule has 27 heavy (non-hydrogen) atoms. The molecule has 0 saturated carbocycles. The Hall–Kier alpha value is -3.55. The summed E-state index contributed by atoms with van der Waals surface area (Å²) >= 11 is 0. The number of nitrogens with one attached hydrogen (secondary N) is 2. The molecule has 7 nitrogen and oxygen atoms in total. The summed E-state index contributed by atoms with van der Waals surface area (Å²) in [6.45, 7) is 0.272. The van der Waals surface area contributed by atoms with Gasteiger partial charge >= 0.3 is 12.0 Å². The zero-order valence-electron chi connectivity index (χ0n) is 14.3. The predicted molar refractivity (Wildman–Crippen MR) is 95.7 cm³/mol. The van der Waals surface area contributed by atoms with Crippen LogP contribution in [0.4, 0.5) is 9.18 Å². The molecule has 0 atom stereocenters. The van der Waals surface area contributed by atoms with E-state index in [-0.39, 0.29) is 24.7 Å². The number of nitrogens with zero attached hydrogens (tertiary/aromatic N) is 1. The van der Waals surface area contributed by atoms with Gasteiger partial charge in [-0.15, -0.1) is 0 Å². The summed E-state index contributed by atoms with van der Waals surface area (Å²) in [5.41, 5.74) is 2.22. The van der Waals surface area contributed by atoms with Gasteiger partial charge in [0.15, 0.2) is 0 Å². The number of fused-ring (bicyclic) bond motifs is 1. The summed E-state index contributed by atoms with van der Waals surface area (Å²) in [5, 5.41) is 24.8. The molecule has 2 amide bonds. The van der Waals surface area contributed by atoms with Crippen LogP contribution in [-0.2, 0) is 11.3 Å². The van der Waals surface area contributed by atoms with Gasteiger partial charge in [0, 0.05) is 30.1 Å². The van der Waals surface area contributed by atoms with Gasteiger partial charge in [-0.25, -0.2) is 14.0 Å². The van der Waals surface area contributed by atoms with Crippen LogP contribution in [0.15, 0.2) is 71.4 Å². The number of hydrogen-bond donors (Lipinski definition) is 4. The fourth-order valence-corrected chi connectivity index (χ4v) is 2.86. The molecular weight excluding hydrogens is 353 g/mol. The number of amides is 2. The molecule has 0 fully saturated rings.